The number of fused-ring (bicyclic) bond motifs is 1. The minimum absolute atomic E-state index is 0.0630. The Morgan fingerprint density at radius 2 is 2.11 bits per heavy atom. The van der Waals surface area contributed by atoms with Crippen molar-refractivity contribution in [2.45, 2.75) is 11.6 Å². The summed E-state index contributed by atoms with van der Waals surface area (Å²) in [5, 5.41) is -1.16. The third kappa shape index (κ3) is 3.69. The van der Waals surface area contributed by atoms with Crippen LogP contribution in [0.1, 0.15) is 11.1 Å². The number of alkyl halides is 3. The van der Waals surface area contributed by atoms with Crippen molar-refractivity contribution in [2.75, 3.05) is 0 Å². The van der Waals surface area contributed by atoms with Gasteiger partial charge in [-0.1, -0.05) is 12.1 Å². The Bertz CT molecular complexity index is 538. The maximum Gasteiger partial charge on any atom is 0.550 e. The largest absolute Gasteiger partial charge is 0.550 e. The molecule has 5 nitrogen and oxygen atoms in total. The zero-order valence-electron chi connectivity index (χ0n) is 9.09. The summed E-state index contributed by atoms with van der Waals surface area (Å²) in [5.41, 5.74) is 0.906. The van der Waals surface area contributed by atoms with E-state index in [4.69, 9.17) is 4.42 Å². The van der Waals surface area contributed by atoms with Gasteiger partial charge in [0.25, 0.3) is 0 Å². The molecular weight excluding hydrogens is 287 g/mol. The van der Waals surface area contributed by atoms with Crippen LogP contribution in [0.2, 0.25) is 0 Å². The molecule has 2 aromatic rings. The summed E-state index contributed by atoms with van der Waals surface area (Å²) in [5.74, 6) is -0.0630. The minimum Gasteiger partial charge on any atom is -0.439 e. The second kappa shape index (κ2) is 5.59. The van der Waals surface area contributed by atoms with Gasteiger partial charge >= 0.3 is 6.36 Å². The standard InChI is InChI=1S/C10H6F3NO4S/c11-10(12,13)17-18-19-8(5-15)9-14-6-3-1-2-4-7(6)16-9/h1-5,8H. The molecule has 19 heavy (non-hydrogen) atoms. The van der Waals surface area contributed by atoms with E-state index in [1.807, 2.05) is 0 Å². The molecule has 2 rings (SSSR count). The van der Waals surface area contributed by atoms with Crippen LogP contribution in [0.3, 0.4) is 0 Å². The zero-order chi connectivity index (χ0) is 13.9. The van der Waals surface area contributed by atoms with Gasteiger partial charge in [0.2, 0.25) is 5.89 Å². The molecule has 1 atom stereocenters. The van der Waals surface area contributed by atoms with Gasteiger partial charge in [-0.25, -0.2) is 4.98 Å². The van der Waals surface area contributed by atoms with Crippen LogP contribution in [0, 0.1) is 0 Å². The number of hydrogen-bond donors (Lipinski definition) is 0. The summed E-state index contributed by atoms with van der Waals surface area (Å²) in [6.45, 7) is 0. The molecule has 0 saturated carbocycles. The zero-order valence-corrected chi connectivity index (χ0v) is 9.90. The van der Waals surface area contributed by atoms with Gasteiger partial charge in [-0.3, -0.25) is 0 Å². The molecule has 0 aliphatic carbocycles. The SMILES string of the molecule is O=CC(SOOC(F)(F)F)c1nc2ccccc2o1. The average Bonchev–Trinajstić information content (AvgIpc) is 2.76. The highest BCUT2D eigenvalue weighted by Crippen LogP contribution is 2.31. The highest BCUT2D eigenvalue weighted by atomic mass is 32.2. The van der Waals surface area contributed by atoms with Crippen LogP contribution >= 0.6 is 12.0 Å². The van der Waals surface area contributed by atoms with E-state index in [9.17, 15) is 18.0 Å². The molecule has 0 amide bonds. The Balaban J connectivity index is 2.06. The van der Waals surface area contributed by atoms with Crippen molar-refractivity contribution in [1.29, 1.82) is 0 Å². The van der Waals surface area contributed by atoms with E-state index < -0.39 is 11.6 Å². The fourth-order valence-electron chi connectivity index (χ4n) is 1.23. The van der Waals surface area contributed by atoms with Crippen LogP contribution in [-0.4, -0.2) is 17.6 Å². The second-order valence-corrected chi connectivity index (χ2v) is 4.11. The van der Waals surface area contributed by atoms with Crippen LogP contribution < -0.4 is 0 Å². The summed E-state index contributed by atoms with van der Waals surface area (Å²) in [6.07, 6.45) is -4.60. The van der Waals surface area contributed by atoms with E-state index in [2.05, 4.69) is 14.2 Å². The Morgan fingerprint density at radius 1 is 1.37 bits per heavy atom. The number of oxazole rings is 1. The number of aldehydes is 1. The number of carbonyl (C=O) groups is 1. The maximum absolute atomic E-state index is 11.7. The number of halogens is 3. The second-order valence-electron chi connectivity index (χ2n) is 3.27. The molecule has 0 aliphatic heterocycles. The lowest BCUT2D eigenvalue weighted by molar-refractivity contribution is -0.440. The molecule has 1 heterocycles. The molecular formula is C10H6F3NO4S. The number of para-hydroxylation sites is 2. The highest BCUT2D eigenvalue weighted by Gasteiger charge is 2.32. The predicted molar refractivity (Wildman–Crippen MR) is 58.6 cm³/mol. The van der Waals surface area contributed by atoms with Gasteiger partial charge < -0.3 is 9.21 Å². The van der Waals surface area contributed by atoms with Crippen molar-refractivity contribution in [3.63, 3.8) is 0 Å². The predicted octanol–water partition coefficient (Wildman–Crippen LogP) is 3.18. The smallest absolute Gasteiger partial charge is 0.439 e. The lowest BCUT2D eigenvalue weighted by Crippen LogP contribution is -2.12. The first kappa shape index (κ1) is 13.8. The number of aromatic nitrogens is 1. The summed E-state index contributed by atoms with van der Waals surface area (Å²) in [7, 11) is 0. The molecule has 0 bridgehead atoms. The quantitative estimate of drug-likeness (QED) is 0.365. The van der Waals surface area contributed by atoms with Gasteiger partial charge in [-0.2, -0.15) is 4.33 Å². The average molecular weight is 293 g/mol. The molecule has 0 aliphatic rings. The first-order chi connectivity index (χ1) is 8.99. The summed E-state index contributed by atoms with van der Waals surface area (Å²) < 4.78 is 44.2. The number of carbonyl (C=O) groups excluding carboxylic acids is 1. The third-order valence-corrected chi connectivity index (χ3v) is 2.62. The molecule has 0 N–H and O–H groups in total. The highest BCUT2D eigenvalue weighted by molar-refractivity contribution is 7.95. The van der Waals surface area contributed by atoms with Crippen molar-refractivity contribution in [2.24, 2.45) is 0 Å². The molecule has 1 unspecified atom stereocenters. The Morgan fingerprint density at radius 3 is 2.74 bits per heavy atom. The number of nitrogens with zero attached hydrogens (tertiary/aromatic N) is 1. The number of rotatable bonds is 5. The Kier molecular flexibility index (Phi) is 4.08. The van der Waals surface area contributed by atoms with Crippen molar-refractivity contribution >= 4 is 29.4 Å². The third-order valence-electron chi connectivity index (χ3n) is 1.95. The normalized spacial score (nSPS) is 13.6. The lowest BCUT2D eigenvalue weighted by Gasteiger charge is -2.06. The topological polar surface area (TPSA) is 61.6 Å². The lowest BCUT2D eigenvalue weighted by atomic mass is 10.3. The van der Waals surface area contributed by atoms with Gasteiger partial charge in [-0.05, 0) is 12.1 Å². The van der Waals surface area contributed by atoms with Gasteiger partial charge in [0, 0.05) is 0 Å². The molecule has 102 valence electrons. The first-order valence-corrected chi connectivity index (χ1v) is 5.69. The molecule has 0 spiro atoms. The molecule has 1 aromatic heterocycles. The summed E-state index contributed by atoms with van der Waals surface area (Å²) in [4.78, 5) is 17.9. The van der Waals surface area contributed by atoms with Crippen LogP contribution in [0.15, 0.2) is 28.7 Å². The van der Waals surface area contributed by atoms with E-state index >= 15 is 0 Å². The van der Waals surface area contributed by atoms with Gasteiger partial charge in [-0.15, -0.1) is 18.1 Å². The first-order valence-electron chi connectivity index (χ1n) is 4.88. The van der Waals surface area contributed by atoms with Crippen LogP contribution in [0.4, 0.5) is 13.2 Å². The van der Waals surface area contributed by atoms with Crippen molar-refractivity contribution < 1.29 is 31.6 Å². The van der Waals surface area contributed by atoms with Gasteiger partial charge in [0.1, 0.15) is 11.8 Å². The molecule has 9 heteroatoms. The minimum atomic E-state index is -4.94. The van der Waals surface area contributed by atoms with Crippen molar-refractivity contribution in [3.05, 3.63) is 30.2 Å². The molecule has 0 saturated heterocycles. The summed E-state index contributed by atoms with van der Waals surface area (Å²) in [6, 6.07) is 6.66. The fraction of sp³-hybridized carbons (Fsp3) is 0.200. The van der Waals surface area contributed by atoms with E-state index in [1.54, 1.807) is 24.3 Å². The van der Waals surface area contributed by atoms with Crippen molar-refractivity contribution in [1.82, 2.24) is 4.98 Å². The van der Waals surface area contributed by atoms with Gasteiger partial charge in [0.05, 0.1) is 12.0 Å². The van der Waals surface area contributed by atoms with E-state index in [-0.39, 0.29) is 17.9 Å². The number of benzene rings is 1. The molecule has 0 fully saturated rings. The Hall–Kier alpha value is -1.58. The van der Waals surface area contributed by atoms with E-state index in [1.165, 1.54) is 0 Å². The van der Waals surface area contributed by atoms with E-state index in [0.717, 1.165) is 0 Å². The van der Waals surface area contributed by atoms with Crippen molar-refractivity contribution in [3.8, 4) is 0 Å². The van der Waals surface area contributed by atoms with Crippen LogP contribution in [0.25, 0.3) is 11.1 Å². The molecule has 1 aromatic carbocycles. The maximum atomic E-state index is 11.7. The van der Waals surface area contributed by atoms with Gasteiger partial charge in [0.15, 0.2) is 10.8 Å². The Labute approximate surface area is 108 Å². The number of hydrogen-bond acceptors (Lipinski definition) is 6. The van der Waals surface area contributed by atoms with E-state index in [0.29, 0.717) is 17.4 Å². The molecule has 0 radical (unpaired) electrons. The van der Waals surface area contributed by atoms with Crippen LogP contribution in [0.5, 0.6) is 0 Å². The summed E-state index contributed by atoms with van der Waals surface area (Å²) >= 11 is 0.150. The fourth-order valence-corrected chi connectivity index (χ4v) is 1.66. The monoisotopic (exact) mass is 293 g/mol. The van der Waals surface area contributed by atoms with Crippen LogP contribution in [-0.2, 0) is 14.0 Å².